The Hall–Kier alpha value is -1.20. The van der Waals surface area contributed by atoms with Gasteiger partial charge in [-0.2, -0.15) is 0 Å². The molecule has 0 radical (unpaired) electrons. The molecule has 3 rings (SSSR count). The molecule has 1 saturated carbocycles. The SMILES string of the molecule is NC1(C(=O)O)CCC2(CC1)C(Br)=Cc1ccc(F)cc12. The predicted octanol–water partition coefficient (Wildman–Crippen LogP) is 3.17. The highest BCUT2D eigenvalue weighted by Gasteiger charge is 2.49. The van der Waals surface area contributed by atoms with Gasteiger partial charge in [0, 0.05) is 9.90 Å². The van der Waals surface area contributed by atoms with E-state index in [0.29, 0.717) is 25.7 Å². The number of carbonyl (C=O) groups is 1. The minimum atomic E-state index is -1.16. The zero-order valence-electron chi connectivity index (χ0n) is 10.8. The first-order valence-electron chi connectivity index (χ1n) is 6.57. The number of aliphatic carboxylic acids is 1. The van der Waals surface area contributed by atoms with Gasteiger partial charge in [-0.3, -0.25) is 4.79 Å². The summed E-state index contributed by atoms with van der Waals surface area (Å²) in [5.41, 5.74) is 6.41. The summed E-state index contributed by atoms with van der Waals surface area (Å²) in [6.07, 6.45) is 4.01. The lowest BCUT2D eigenvalue weighted by molar-refractivity contribution is -0.145. The highest BCUT2D eigenvalue weighted by atomic mass is 79.9. The molecular weight excluding hydrogens is 325 g/mol. The number of rotatable bonds is 1. The van der Waals surface area contributed by atoms with E-state index in [1.54, 1.807) is 12.1 Å². The van der Waals surface area contributed by atoms with Gasteiger partial charge >= 0.3 is 5.97 Å². The summed E-state index contributed by atoms with van der Waals surface area (Å²) >= 11 is 3.59. The predicted molar refractivity (Wildman–Crippen MR) is 78.0 cm³/mol. The van der Waals surface area contributed by atoms with Crippen molar-refractivity contribution in [2.45, 2.75) is 36.6 Å². The molecule has 106 valence electrons. The first-order valence-corrected chi connectivity index (χ1v) is 7.37. The standard InChI is InChI=1S/C15H15BrFNO2/c16-12-7-9-1-2-10(17)8-11(9)14(12)3-5-15(18,6-4-14)13(19)20/h1-2,7-8H,3-6,18H2,(H,19,20). The van der Waals surface area contributed by atoms with E-state index in [0.717, 1.165) is 15.6 Å². The topological polar surface area (TPSA) is 63.3 Å². The van der Waals surface area contributed by atoms with Crippen molar-refractivity contribution in [2.24, 2.45) is 5.73 Å². The average Bonchev–Trinajstić information content (AvgIpc) is 2.66. The summed E-state index contributed by atoms with van der Waals surface area (Å²) in [5, 5.41) is 9.22. The van der Waals surface area contributed by atoms with Crippen LogP contribution in [0.2, 0.25) is 0 Å². The van der Waals surface area contributed by atoms with Gasteiger partial charge in [0.15, 0.2) is 0 Å². The van der Waals surface area contributed by atoms with E-state index in [1.165, 1.54) is 6.07 Å². The fraction of sp³-hybridized carbons (Fsp3) is 0.400. The number of halogens is 2. The molecule has 3 N–H and O–H groups in total. The zero-order valence-corrected chi connectivity index (χ0v) is 12.4. The summed E-state index contributed by atoms with van der Waals surface area (Å²) in [4.78, 5) is 11.2. The van der Waals surface area contributed by atoms with Crippen LogP contribution in [0.1, 0.15) is 36.8 Å². The van der Waals surface area contributed by atoms with Crippen LogP contribution in [0, 0.1) is 5.82 Å². The smallest absolute Gasteiger partial charge is 0.323 e. The van der Waals surface area contributed by atoms with E-state index >= 15 is 0 Å². The molecule has 1 aromatic rings. The first-order chi connectivity index (χ1) is 9.37. The van der Waals surface area contributed by atoms with Crippen molar-refractivity contribution in [3.8, 4) is 0 Å². The molecule has 0 unspecified atom stereocenters. The van der Waals surface area contributed by atoms with Crippen molar-refractivity contribution in [3.63, 3.8) is 0 Å². The fourth-order valence-electron chi connectivity index (χ4n) is 3.32. The largest absolute Gasteiger partial charge is 0.480 e. The number of hydrogen-bond acceptors (Lipinski definition) is 2. The van der Waals surface area contributed by atoms with Crippen LogP contribution in [0.4, 0.5) is 4.39 Å². The van der Waals surface area contributed by atoms with Gasteiger partial charge in [-0.05, 0) is 55.0 Å². The number of hydrogen-bond donors (Lipinski definition) is 2. The summed E-state index contributed by atoms with van der Waals surface area (Å²) in [6, 6.07) is 4.77. The Kier molecular flexibility index (Phi) is 3.03. The van der Waals surface area contributed by atoms with Gasteiger partial charge in [0.2, 0.25) is 0 Å². The van der Waals surface area contributed by atoms with Crippen molar-refractivity contribution in [3.05, 3.63) is 39.6 Å². The molecule has 2 aliphatic rings. The van der Waals surface area contributed by atoms with Gasteiger partial charge < -0.3 is 10.8 Å². The second-order valence-corrected chi connectivity index (χ2v) is 6.62. The van der Waals surface area contributed by atoms with Gasteiger partial charge in [-0.25, -0.2) is 4.39 Å². The van der Waals surface area contributed by atoms with E-state index in [2.05, 4.69) is 15.9 Å². The van der Waals surface area contributed by atoms with Crippen LogP contribution >= 0.6 is 15.9 Å². The molecule has 5 heteroatoms. The molecule has 2 aliphatic carbocycles. The first kappa shape index (κ1) is 13.8. The Bertz CT molecular complexity index is 618. The Labute approximate surface area is 124 Å². The zero-order chi connectivity index (χ0) is 14.5. The van der Waals surface area contributed by atoms with Gasteiger partial charge in [-0.15, -0.1) is 0 Å². The average molecular weight is 340 g/mol. The summed E-state index contributed by atoms with van der Waals surface area (Å²) in [7, 11) is 0. The summed E-state index contributed by atoms with van der Waals surface area (Å²) in [6.45, 7) is 0. The third kappa shape index (κ3) is 1.84. The second-order valence-electron chi connectivity index (χ2n) is 5.77. The Morgan fingerprint density at radius 3 is 2.55 bits per heavy atom. The lowest BCUT2D eigenvalue weighted by Crippen LogP contribution is -2.53. The molecule has 0 atom stereocenters. The van der Waals surface area contributed by atoms with Crippen molar-refractivity contribution >= 4 is 28.0 Å². The summed E-state index contributed by atoms with van der Waals surface area (Å²) < 4.78 is 14.5. The van der Waals surface area contributed by atoms with Gasteiger partial charge in [0.25, 0.3) is 0 Å². The van der Waals surface area contributed by atoms with E-state index in [1.807, 2.05) is 6.08 Å². The molecule has 1 spiro atoms. The molecule has 1 aromatic carbocycles. The van der Waals surface area contributed by atoms with Crippen LogP contribution in [0.15, 0.2) is 22.7 Å². The fourth-order valence-corrected chi connectivity index (χ4v) is 4.17. The third-order valence-corrected chi connectivity index (χ3v) is 5.68. The molecule has 0 amide bonds. The van der Waals surface area contributed by atoms with Crippen LogP contribution in [0.25, 0.3) is 6.08 Å². The maximum absolute atomic E-state index is 13.6. The van der Waals surface area contributed by atoms with E-state index < -0.39 is 11.5 Å². The minimum absolute atomic E-state index is 0.262. The molecule has 0 aromatic heterocycles. The van der Waals surface area contributed by atoms with E-state index in [-0.39, 0.29) is 11.2 Å². The number of nitrogens with two attached hydrogens (primary N) is 1. The van der Waals surface area contributed by atoms with Crippen molar-refractivity contribution in [1.29, 1.82) is 0 Å². The second kappa shape index (κ2) is 4.40. The van der Waals surface area contributed by atoms with Gasteiger partial charge in [-0.1, -0.05) is 22.0 Å². The van der Waals surface area contributed by atoms with Crippen LogP contribution in [-0.4, -0.2) is 16.6 Å². The van der Waals surface area contributed by atoms with Crippen molar-refractivity contribution < 1.29 is 14.3 Å². The Morgan fingerprint density at radius 2 is 1.95 bits per heavy atom. The Morgan fingerprint density at radius 1 is 1.30 bits per heavy atom. The quantitative estimate of drug-likeness (QED) is 0.825. The van der Waals surface area contributed by atoms with Crippen molar-refractivity contribution in [1.82, 2.24) is 0 Å². The van der Waals surface area contributed by atoms with Crippen LogP contribution < -0.4 is 5.73 Å². The van der Waals surface area contributed by atoms with Crippen LogP contribution in [0.3, 0.4) is 0 Å². The molecule has 1 fully saturated rings. The molecule has 0 heterocycles. The monoisotopic (exact) mass is 339 g/mol. The minimum Gasteiger partial charge on any atom is -0.480 e. The van der Waals surface area contributed by atoms with Crippen LogP contribution in [0.5, 0.6) is 0 Å². The van der Waals surface area contributed by atoms with Crippen LogP contribution in [-0.2, 0) is 10.2 Å². The highest BCUT2D eigenvalue weighted by molar-refractivity contribution is 9.11. The van der Waals surface area contributed by atoms with Crippen molar-refractivity contribution in [2.75, 3.05) is 0 Å². The molecule has 0 aliphatic heterocycles. The molecule has 0 bridgehead atoms. The number of benzene rings is 1. The number of allylic oxidation sites excluding steroid dienone is 1. The molecule has 20 heavy (non-hydrogen) atoms. The van der Waals surface area contributed by atoms with E-state index in [9.17, 15) is 14.3 Å². The maximum Gasteiger partial charge on any atom is 0.323 e. The third-order valence-electron chi connectivity index (χ3n) is 4.69. The lowest BCUT2D eigenvalue weighted by Gasteiger charge is -2.42. The molecular formula is C15H15BrFNO2. The normalized spacial score (nSPS) is 32.0. The number of carboxylic acids is 1. The molecule has 0 saturated heterocycles. The van der Waals surface area contributed by atoms with E-state index in [4.69, 9.17) is 5.73 Å². The summed E-state index contributed by atoms with van der Waals surface area (Å²) in [5.74, 6) is -1.22. The lowest BCUT2D eigenvalue weighted by atomic mass is 9.65. The number of fused-ring (bicyclic) bond motifs is 2. The van der Waals surface area contributed by atoms with Gasteiger partial charge in [0.05, 0.1) is 0 Å². The number of carboxylic acid groups (broad SMARTS) is 1. The maximum atomic E-state index is 13.6. The molecule has 3 nitrogen and oxygen atoms in total. The highest BCUT2D eigenvalue weighted by Crippen LogP contribution is 2.54. The van der Waals surface area contributed by atoms with Gasteiger partial charge in [0.1, 0.15) is 11.4 Å². The Balaban J connectivity index is 1.99.